The molecule has 6 heteroatoms. The first-order valence-corrected chi connectivity index (χ1v) is 9.70. The smallest absolute Gasteiger partial charge is 0.326 e. The SMILES string of the molecule is Cc1ccc(C)c(OCC(=O)N2CCC(n3c(=O)[nH]c4ccccc43)CC2)c1. The summed E-state index contributed by atoms with van der Waals surface area (Å²) in [6.45, 7) is 5.29. The Bertz CT molecular complexity index is 1060. The van der Waals surface area contributed by atoms with Gasteiger partial charge in [0, 0.05) is 19.1 Å². The molecule has 0 spiro atoms. The summed E-state index contributed by atoms with van der Waals surface area (Å²) in [5.74, 6) is 0.749. The number of hydrogen-bond acceptors (Lipinski definition) is 3. The normalized spacial score (nSPS) is 15.1. The van der Waals surface area contributed by atoms with Crippen molar-refractivity contribution in [1.82, 2.24) is 14.5 Å². The number of likely N-dealkylation sites (tertiary alicyclic amines) is 1. The number of ether oxygens (including phenoxy) is 1. The van der Waals surface area contributed by atoms with Crippen LogP contribution in [-0.4, -0.2) is 40.1 Å². The highest BCUT2D eigenvalue weighted by atomic mass is 16.5. The van der Waals surface area contributed by atoms with E-state index in [1.807, 2.05) is 65.8 Å². The summed E-state index contributed by atoms with van der Waals surface area (Å²) in [5.41, 5.74) is 3.83. The van der Waals surface area contributed by atoms with Crippen molar-refractivity contribution in [1.29, 1.82) is 0 Å². The second-order valence-corrected chi connectivity index (χ2v) is 7.49. The standard InChI is InChI=1S/C22H25N3O3/c1-15-7-8-16(2)20(13-15)28-14-21(26)24-11-9-17(10-12-24)25-19-6-4-3-5-18(19)23-22(25)27/h3-8,13,17H,9-12,14H2,1-2H3,(H,23,27). The van der Waals surface area contributed by atoms with E-state index in [9.17, 15) is 9.59 Å². The maximum absolute atomic E-state index is 12.6. The summed E-state index contributed by atoms with van der Waals surface area (Å²) in [4.78, 5) is 29.7. The Balaban J connectivity index is 1.38. The van der Waals surface area contributed by atoms with Gasteiger partial charge in [-0.15, -0.1) is 0 Å². The van der Waals surface area contributed by atoms with Crippen molar-refractivity contribution in [2.45, 2.75) is 32.7 Å². The molecule has 2 heterocycles. The number of para-hydroxylation sites is 2. The molecule has 1 fully saturated rings. The first-order valence-electron chi connectivity index (χ1n) is 9.70. The van der Waals surface area contributed by atoms with Gasteiger partial charge in [0.15, 0.2) is 6.61 Å². The predicted molar refractivity (Wildman–Crippen MR) is 109 cm³/mol. The maximum atomic E-state index is 12.6. The molecule has 146 valence electrons. The van der Waals surface area contributed by atoms with Crippen molar-refractivity contribution < 1.29 is 9.53 Å². The Hall–Kier alpha value is -3.02. The van der Waals surface area contributed by atoms with Crippen LogP contribution in [0.1, 0.15) is 30.0 Å². The van der Waals surface area contributed by atoms with E-state index in [1.54, 1.807) is 0 Å². The molecule has 28 heavy (non-hydrogen) atoms. The third-order valence-electron chi connectivity index (χ3n) is 5.50. The largest absolute Gasteiger partial charge is 0.483 e. The summed E-state index contributed by atoms with van der Waals surface area (Å²) < 4.78 is 7.59. The second kappa shape index (κ2) is 7.54. The molecule has 1 aliphatic rings. The average Bonchev–Trinajstić information content (AvgIpc) is 3.04. The maximum Gasteiger partial charge on any atom is 0.326 e. The molecule has 1 amide bonds. The average molecular weight is 379 g/mol. The van der Waals surface area contributed by atoms with Crippen molar-refractivity contribution in [2.24, 2.45) is 0 Å². The molecule has 6 nitrogen and oxygen atoms in total. The zero-order chi connectivity index (χ0) is 19.7. The van der Waals surface area contributed by atoms with Crippen molar-refractivity contribution in [3.8, 4) is 5.75 Å². The molecule has 1 N–H and O–H groups in total. The second-order valence-electron chi connectivity index (χ2n) is 7.49. The number of carbonyl (C=O) groups is 1. The zero-order valence-electron chi connectivity index (χ0n) is 16.3. The van der Waals surface area contributed by atoms with Gasteiger partial charge in [0.2, 0.25) is 0 Å². The third-order valence-corrected chi connectivity index (χ3v) is 5.50. The quantitative estimate of drug-likeness (QED) is 0.757. The predicted octanol–water partition coefficient (Wildman–Crippen LogP) is 3.19. The Morgan fingerprint density at radius 2 is 1.89 bits per heavy atom. The van der Waals surface area contributed by atoms with Gasteiger partial charge in [0.1, 0.15) is 5.75 Å². The molecular formula is C22H25N3O3. The van der Waals surface area contributed by atoms with Crippen LogP contribution in [0.25, 0.3) is 11.0 Å². The number of aryl methyl sites for hydroxylation is 2. The summed E-state index contributed by atoms with van der Waals surface area (Å²) in [7, 11) is 0. The molecule has 0 unspecified atom stereocenters. The van der Waals surface area contributed by atoms with E-state index in [1.165, 1.54) is 0 Å². The third kappa shape index (κ3) is 3.54. The fourth-order valence-corrected chi connectivity index (χ4v) is 3.90. The van der Waals surface area contributed by atoms with Crippen LogP contribution in [0.15, 0.2) is 47.3 Å². The molecular weight excluding hydrogens is 354 g/mol. The first-order chi connectivity index (χ1) is 13.5. The van der Waals surface area contributed by atoms with Crippen LogP contribution in [0.4, 0.5) is 0 Å². The Morgan fingerprint density at radius 3 is 2.68 bits per heavy atom. The number of aromatic amines is 1. The topological polar surface area (TPSA) is 67.3 Å². The molecule has 1 saturated heterocycles. The van der Waals surface area contributed by atoms with Crippen LogP contribution in [0.5, 0.6) is 5.75 Å². The van der Waals surface area contributed by atoms with Crippen LogP contribution in [0.3, 0.4) is 0 Å². The number of imidazole rings is 1. The monoisotopic (exact) mass is 379 g/mol. The number of rotatable bonds is 4. The van der Waals surface area contributed by atoms with Gasteiger partial charge in [0.25, 0.3) is 5.91 Å². The summed E-state index contributed by atoms with van der Waals surface area (Å²) in [6.07, 6.45) is 1.52. The minimum absolute atomic E-state index is 0.00868. The number of nitrogens with one attached hydrogen (secondary N) is 1. The van der Waals surface area contributed by atoms with Gasteiger partial charge >= 0.3 is 5.69 Å². The molecule has 0 saturated carbocycles. The molecule has 2 aromatic carbocycles. The van der Waals surface area contributed by atoms with E-state index in [-0.39, 0.29) is 24.2 Å². The number of piperidine rings is 1. The lowest BCUT2D eigenvalue weighted by atomic mass is 10.0. The molecule has 1 aromatic heterocycles. The molecule has 0 atom stereocenters. The van der Waals surface area contributed by atoms with Crippen molar-refractivity contribution in [3.63, 3.8) is 0 Å². The van der Waals surface area contributed by atoms with Crippen LogP contribution in [-0.2, 0) is 4.79 Å². The van der Waals surface area contributed by atoms with Crippen LogP contribution in [0, 0.1) is 13.8 Å². The number of nitrogens with zero attached hydrogens (tertiary/aromatic N) is 2. The van der Waals surface area contributed by atoms with Crippen molar-refractivity contribution in [3.05, 3.63) is 64.1 Å². The highest BCUT2D eigenvalue weighted by Gasteiger charge is 2.26. The molecule has 0 radical (unpaired) electrons. The van der Waals surface area contributed by atoms with Gasteiger partial charge in [-0.2, -0.15) is 0 Å². The fraction of sp³-hybridized carbons (Fsp3) is 0.364. The zero-order valence-corrected chi connectivity index (χ0v) is 16.3. The highest BCUT2D eigenvalue weighted by Crippen LogP contribution is 2.25. The summed E-state index contributed by atoms with van der Waals surface area (Å²) >= 11 is 0. The van der Waals surface area contributed by atoms with E-state index in [0.29, 0.717) is 13.1 Å². The molecule has 4 rings (SSSR count). The highest BCUT2D eigenvalue weighted by molar-refractivity contribution is 5.78. The van der Waals surface area contributed by atoms with Crippen LogP contribution < -0.4 is 10.4 Å². The fourth-order valence-electron chi connectivity index (χ4n) is 3.90. The van der Waals surface area contributed by atoms with E-state index in [2.05, 4.69) is 4.98 Å². The number of fused-ring (bicyclic) bond motifs is 1. The summed E-state index contributed by atoms with van der Waals surface area (Å²) in [6, 6.07) is 13.8. The Morgan fingerprint density at radius 1 is 1.14 bits per heavy atom. The Kier molecular flexibility index (Phi) is 4.94. The van der Waals surface area contributed by atoms with E-state index >= 15 is 0 Å². The molecule has 3 aromatic rings. The Labute approximate surface area is 163 Å². The van der Waals surface area contributed by atoms with Gasteiger partial charge in [0.05, 0.1) is 11.0 Å². The lowest BCUT2D eigenvalue weighted by molar-refractivity contribution is -0.134. The van der Waals surface area contributed by atoms with E-state index in [0.717, 1.165) is 40.8 Å². The molecule has 0 aliphatic carbocycles. The number of hydrogen-bond donors (Lipinski definition) is 1. The van der Waals surface area contributed by atoms with Crippen molar-refractivity contribution in [2.75, 3.05) is 19.7 Å². The first kappa shape index (κ1) is 18.3. The lowest BCUT2D eigenvalue weighted by Crippen LogP contribution is -2.42. The van der Waals surface area contributed by atoms with Crippen LogP contribution >= 0.6 is 0 Å². The van der Waals surface area contributed by atoms with Crippen molar-refractivity contribution >= 4 is 16.9 Å². The number of carbonyl (C=O) groups excluding carboxylic acids is 1. The van der Waals surface area contributed by atoms with Gasteiger partial charge in [-0.3, -0.25) is 9.36 Å². The minimum Gasteiger partial charge on any atom is -0.483 e. The number of benzene rings is 2. The van der Waals surface area contributed by atoms with Gasteiger partial charge in [-0.05, 0) is 56.0 Å². The van der Waals surface area contributed by atoms with Gasteiger partial charge in [-0.1, -0.05) is 24.3 Å². The minimum atomic E-state index is -0.0794. The number of amides is 1. The van der Waals surface area contributed by atoms with E-state index < -0.39 is 0 Å². The van der Waals surface area contributed by atoms with E-state index in [4.69, 9.17) is 4.74 Å². The lowest BCUT2D eigenvalue weighted by Gasteiger charge is -2.32. The van der Waals surface area contributed by atoms with Crippen LogP contribution in [0.2, 0.25) is 0 Å². The van der Waals surface area contributed by atoms with Gasteiger partial charge < -0.3 is 14.6 Å². The number of H-pyrrole nitrogens is 1. The number of aromatic nitrogens is 2. The summed E-state index contributed by atoms with van der Waals surface area (Å²) in [5, 5.41) is 0. The molecule has 1 aliphatic heterocycles. The van der Waals surface area contributed by atoms with Gasteiger partial charge in [-0.25, -0.2) is 4.79 Å². The molecule has 0 bridgehead atoms.